The first-order valence-corrected chi connectivity index (χ1v) is 9.70. The van der Waals surface area contributed by atoms with Gasteiger partial charge >= 0.3 is 11.9 Å². The lowest BCUT2D eigenvalue weighted by Crippen LogP contribution is -2.11. The van der Waals surface area contributed by atoms with Gasteiger partial charge in [-0.3, -0.25) is 15.1 Å². The molecular weight excluding hydrogens is 434 g/mol. The molecule has 0 unspecified atom stereocenters. The van der Waals surface area contributed by atoms with Gasteiger partial charge in [-0.15, -0.1) is 0 Å². The summed E-state index contributed by atoms with van der Waals surface area (Å²) < 4.78 is 11.0. The highest BCUT2D eigenvalue weighted by molar-refractivity contribution is 6.30. The molecule has 1 heterocycles. The van der Waals surface area contributed by atoms with E-state index in [0.717, 1.165) is 0 Å². The topological polar surface area (TPSA) is 108 Å². The maximum Gasteiger partial charge on any atom is 0.353 e. The van der Waals surface area contributed by atoms with E-state index in [1.165, 1.54) is 30.5 Å². The monoisotopic (exact) mass is 447 g/mol. The maximum absolute atomic E-state index is 12.7. The van der Waals surface area contributed by atoms with Crippen LogP contribution in [-0.2, 0) is 0 Å². The molecule has 0 radical (unpaired) electrons. The van der Waals surface area contributed by atoms with Crippen LogP contribution in [-0.4, -0.2) is 22.1 Å². The Morgan fingerprint density at radius 3 is 2.44 bits per heavy atom. The van der Waals surface area contributed by atoms with Gasteiger partial charge < -0.3 is 9.15 Å². The second-order valence-corrected chi connectivity index (χ2v) is 6.89. The first-order valence-electron chi connectivity index (χ1n) is 9.33. The number of aromatic nitrogens is 1. The molecule has 0 aliphatic carbocycles. The summed E-state index contributed by atoms with van der Waals surface area (Å²) in [7, 11) is 0. The zero-order chi connectivity index (χ0) is 22.5. The van der Waals surface area contributed by atoms with Gasteiger partial charge in [-0.2, -0.15) is 0 Å². The van der Waals surface area contributed by atoms with Crippen LogP contribution in [0.15, 0.2) is 88.3 Å². The fourth-order valence-corrected chi connectivity index (χ4v) is 2.91. The average Bonchev–Trinajstić information content (AvgIpc) is 3.21. The predicted molar refractivity (Wildman–Crippen MR) is 119 cm³/mol. The molecule has 0 fully saturated rings. The minimum absolute atomic E-state index is 0.144. The summed E-state index contributed by atoms with van der Waals surface area (Å²) in [6.45, 7) is 0. The van der Waals surface area contributed by atoms with Crippen LogP contribution in [0.3, 0.4) is 0 Å². The summed E-state index contributed by atoms with van der Waals surface area (Å²) >= 11 is 5.89. The fourth-order valence-electron chi connectivity index (χ4n) is 2.78. The Bertz CT molecular complexity index is 1300. The molecule has 0 amide bonds. The number of hydrogen-bond acceptors (Lipinski definition) is 7. The number of hydrogen-bond donors (Lipinski definition) is 0. The molecule has 1 aromatic heterocycles. The van der Waals surface area contributed by atoms with E-state index in [1.54, 1.807) is 48.5 Å². The van der Waals surface area contributed by atoms with Crippen molar-refractivity contribution in [3.05, 3.63) is 105 Å². The van der Waals surface area contributed by atoms with Gasteiger partial charge in [0, 0.05) is 16.7 Å². The summed E-state index contributed by atoms with van der Waals surface area (Å²) in [5.41, 5.74) is 0.800. The lowest BCUT2D eigenvalue weighted by molar-refractivity contribution is -0.385. The first-order chi connectivity index (χ1) is 15.5. The van der Waals surface area contributed by atoms with Crippen molar-refractivity contribution >= 4 is 35.2 Å². The van der Waals surface area contributed by atoms with Gasteiger partial charge in [-0.25, -0.2) is 9.78 Å². The molecule has 3 aromatic carbocycles. The van der Waals surface area contributed by atoms with E-state index in [4.69, 9.17) is 20.8 Å². The van der Waals surface area contributed by atoms with Crippen molar-refractivity contribution in [2.24, 2.45) is 4.99 Å². The Morgan fingerprint density at radius 2 is 1.72 bits per heavy atom. The average molecular weight is 448 g/mol. The molecular formula is C23H14ClN3O5. The van der Waals surface area contributed by atoms with Crippen molar-refractivity contribution < 1.29 is 18.9 Å². The molecule has 0 N–H and O–H groups in total. The maximum atomic E-state index is 12.7. The second kappa shape index (κ2) is 9.23. The van der Waals surface area contributed by atoms with E-state index < -0.39 is 10.9 Å². The van der Waals surface area contributed by atoms with Gasteiger partial charge in [0.2, 0.25) is 5.89 Å². The predicted octanol–water partition coefficient (Wildman–Crippen LogP) is 5.87. The summed E-state index contributed by atoms with van der Waals surface area (Å²) in [6, 6.07) is 21.3. The minimum atomic E-state index is -0.950. The Kier molecular flexibility index (Phi) is 6.05. The lowest BCUT2D eigenvalue weighted by Gasteiger charge is -2.02. The van der Waals surface area contributed by atoms with Gasteiger partial charge in [0.25, 0.3) is 5.69 Å². The Labute approximate surface area is 186 Å². The van der Waals surface area contributed by atoms with Crippen LogP contribution in [0.5, 0.6) is 5.95 Å². The van der Waals surface area contributed by atoms with E-state index in [1.807, 2.05) is 6.07 Å². The molecule has 8 nitrogen and oxygen atoms in total. The molecule has 9 heteroatoms. The van der Waals surface area contributed by atoms with Crippen molar-refractivity contribution in [3.63, 3.8) is 0 Å². The zero-order valence-electron chi connectivity index (χ0n) is 16.3. The van der Waals surface area contributed by atoms with Crippen LogP contribution in [0.25, 0.3) is 11.5 Å². The van der Waals surface area contributed by atoms with Crippen molar-refractivity contribution in [3.8, 4) is 17.4 Å². The van der Waals surface area contributed by atoms with Crippen LogP contribution < -0.4 is 4.74 Å². The summed E-state index contributed by atoms with van der Waals surface area (Å²) in [5, 5.41) is 11.8. The number of esters is 1. The first kappa shape index (κ1) is 21.0. The molecule has 0 aliphatic rings. The lowest BCUT2D eigenvalue weighted by atomic mass is 10.2. The van der Waals surface area contributed by atoms with Crippen molar-refractivity contribution in [2.75, 3.05) is 0 Å². The number of carbonyl (C=O) groups excluding carboxylic acids is 1. The number of rotatable bonds is 6. The number of nitro benzene ring substituents is 1. The third kappa shape index (κ3) is 4.71. The number of nitrogens with zero attached hydrogens (tertiary/aromatic N) is 3. The van der Waals surface area contributed by atoms with Gasteiger partial charge in [-0.1, -0.05) is 41.9 Å². The normalized spacial score (nSPS) is 10.9. The zero-order valence-corrected chi connectivity index (χ0v) is 17.1. The van der Waals surface area contributed by atoms with Gasteiger partial charge in [0.05, 0.1) is 16.8 Å². The molecule has 0 saturated carbocycles. The number of halogens is 1. The quantitative estimate of drug-likeness (QED) is 0.158. The van der Waals surface area contributed by atoms with Crippen molar-refractivity contribution in [1.29, 1.82) is 0 Å². The summed E-state index contributed by atoms with van der Waals surface area (Å²) in [4.78, 5) is 31.9. The van der Waals surface area contributed by atoms with E-state index in [2.05, 4.69) is 9.98 Å². The molecule has 0 saturated heterocycles. The highest BCUT2D eigenvalue weighted by atomic mass is 35.5. The van der Waals surface area contributed by atoms with E-state index in [9.17, 15) is 14.9 Å². The number of oxazole rings is 1. The molecule has 0 spiro atoms. The second-order valence-electron chi connectivity index (χ2n) is 6.46. The van der Waals surface area contributed by atoms with Crippen molar-refractivity contribution in [1.82, 2.24) is 4.98 Å². The number of nitro groups is 1. The Balaban J connectivity index is 1.70. The molecule has 0 bridgehead atoms. The number of carbonyl (C=O) groups is 1. The molecule has 32 heavy (non-hydrogen) atoms. The number of aliphatic imine (C=N–C) groups is 1. The standard InChI is InChI=1S/C23H14ClN3O5/c24-16-10-12-17(13-11-16)25-14-19-23(31-21(26-19)15-6-2-1-3-7-15)32-22(28)18-8-4-5-9-20(18)27(29)30/h1-14H. The smallest absolute Gasteiger partial charge is 0.353 e. The van der Waals surface area contributed by atoms with E-state index >= 15 is 0 Å². The van der Waals surface area contributed by atoms with Crippen LogP contribution in [0, 0.1) is 10.1 Å². The third-order valence-corrected chi connectivity index (χ3v) is 4.56. The van der Waals surface area contributed by atoms with Gasteiger partial charge in [0.1, 0.15) is 5.56 Å². The van der Waals surface area contributed by atoms with Crippen LogP contribution >= 0.6 is 11.6 Å². The Hall–Kier alpha value is -4.30. The molecule has 0 atom stereocenters. The highest BCUT2D eigenvalue weighted by Gasteiger charge is 2.24. The van der Waals surface area contributed by atoms with E-state index in [-0.39, 0.29) is 28.8 Å². The molecule has 0 aliphatic heterocycles. The largest absolute Gasteiger partial charge is 0.405 e. The summed E-state index contributed by atoms with van der Waals surface area (Å²) in [5.74, 6) is -0.979. The highest BCUT2D eigenvalue weighted by Crippen LogP contribution is 2.29. The number of benzene rings is 3. The summed E-state index contributed by atoms with van der Waals surface area (Å²) in [6.07, 6.45) is 1.38. The minimum Gasteiger partial charge on any atom is -0.405 e. The number of ether oxygens (including phenoxy) is 1. The molecule has 158 valence electrons. The Morgan fingerprint density at radius 1 is 1.03 bits per heavy atom. The van der Waals surface area contributed by atoms with Crippen LogP contribution in [0.4, 0.5) is 11.4 Å². The van der Waals surface area contributed by atoms with Crippen LogP contribution in [0.2, 0.25) is 5.02 Å². The molecule has 4 rings (SSSR count). The van der Waals surface area contributed by atoms with Gasteiger partial charge in [-0.05, 0) is 42.5 Å². The number of para-hydroxylation sites is 1. The third-order valence-electron chi connectivity index (χ3n) is 4.31. The van der Waals surface area contributed by atoms with E-state index in [0.29, 0.717) is 16.3 Å². The SMILES string of the molecule is O=C(Oc1oc(-c2ccccc2)nc1C=Nc1ccc(Cl)cc1)c1ccccc1[N+](=O)[O-]. The van der Waals surface area contributed by atoms with Gasteiger partial charge in [0.15, 0.2) is 5.69 Å². The van der Waals surface area contributed by atoms with Crippen LogP contribution in [0.1, 0.15) is 16.1 Å². The fraction of sp³-hybridized carbons (Fsp3) is 0. The van der Waals surface area contributed by atoms with Crippen molar-refractivity contribution in [2.45, 2.75) is 0 Å². The molecule has 4 aromatic rings.